The summed E-state index contributed by atoms with van der Waals surface area (Å²) >= 11 is 0. The highest BCUT2D eigenvalue weighted by molar-refractivity contribution is 5.78. The standard InChI is InChI=1S/C14H12N2O/c15-14(13-6-3-7-17-13)11-8-10-4-1-2-5-12(10)16-9-11/h1-9,14H,15H2. The molecule has 3 heteroatoms. The van der Waals surface area contributed by atoms with Crippen molar-refractivity contribution in [2.75, 3.05) is 0 Å². The van der Waals surface area contributed by atoms with Crippen LogP contribution in [0, 0.1) is 0 Å². The van der Waals surface area contributed by atoms with E-state index in [1.165, 1.54) is 0 Å². The van der Waals surface area contributed by atoms with Gasteiger partial charge in [0.1, 0.15) is 5.76 Å². The van der Waals surface area contributed by atoms with Crippen LogP contribution in [0.4, 0.5) is 0 Å². The highest BCUT2D eigenvalue weighted by Gasteiger charge is 2.12. The number of furan rings is 1. The van der Waals surface area contributed by atoms with Crippen LogP contribution in [-0.4, -0.2) is 4.98 Å². The molecule has 0 aliphatic carbocycles. The topological polar surface area (TPSA) is 52.0 Å². The van der Waals surface area contributed by atoms with E-state index in [1.807, 2.05) is 36.4 Å². The Hall–Kier alpha value is -2.13. The largest absolute Gasteiger partial charge is 0.467 e. The van der Waals surface area contributed by atoms with E-state index in [0.29, 0.717) is 0 Å². The molecule has 0 aliphatic heterocycles. The monoisotopic (exact) mass is 224 g/mol. The molecule has 3 rings (SSSR count). The minimum Gasteiger partial charge on any atom is -0.467 e. The number of nitrogens with two attached hydrogens (primary N) is 1. The second kappa shape index (κ2) is 4.03. The summed E-state index contributed by atoms with van der Waals surface area (Å²) in [6.45, 7) is 0. The van der Waals surface area contributed by atoms with Gasteiger partial charge in [-0.3, -0.25) is 4.98 Å². The van der Waals surface area contributed by atoms with Crippen LogP contribution in [0.3, 0.4) is 0 Å². The summed E-state index contributed by atoms with van der Waals surface area (Å²) in [5.74, 6) is 0.752. The number of hydrogen-bond donors (Lipinski definition) is 1. The van der Waals surface area contributed by atoms with Gasteiger partial charge in [0.05, 0.1) is 17.8 Å². The van der Waals surface area contributed by atoms with Crippen LogP contribution in [0.15, 0.2) is 59.3 Å². The molecule has 1 atom stereocenters. The van der Waals surface area contributed by atoms with Gasteiger partial charge in [0.25, 0.3) is 0 Å². The van der Waals surface area contributed by atoms with Crippen molar-refractivity contribution in [2.24, 2.45) is 5.73 Å². The smallest absolute Gasteiger partial charge is 0.125 e. The van der Waals surface area contributed by atoms with Crippen molar-refractivity contribution in [3.63, 3.8) is 0 Å². The normalized spacial score (nSPS) is 12.8. The van der Waals surface area contributed by atoms with Gasteiger partial charge in [-0.25, -0.2) is 0 Å². The number of para-hydroxylation sites is 1. The second-order valence-electron chi connectivity index (χ2n) is 3.95. The van der Waals surface area contributed by atoms with E-state index in [2.05, 4.69) is 11.1 Å². The molecule has 0 radical (unpaired) electrons. The third-order valence-electron chi connectivity index (χ3n) is 2.82. The van der Waals surface area contributed by atoms with Crippen molar-refractivity contribution in [2.45, 2.75) is 6.04 Å². The summed E-state index contributed by atoms with van der Waals surface area (Å²) in [6.07, 6.45) is 3.43. The average molecular weight is 224 g/mol. The Morgan fingerprint density at radius 3 is 2.82 bits per heavy atom. The Labute approximate surface area is 98.9 Å². The molecule has 0 amide bonds. The average Bonchev–Trinajstić information content (AvgIpc) is 2.91. The van der Waals surface area contributed by atoms with Crippen LogP contribution in [0.25, 0.3) is 10.9 Å². The van der Waals surface area contributed by atoms with Gasteiger partial charge in [-0.15, -0.1) is 0 Å². The zero-order chi connectivity index (χ0) is 11.7. The Kier molecular flexibility index (Phi) is 2.38. The van der Waals surface area contributed by atoms with Gasteiger partial charge in [0.15, 0.2) is 0 Å². The van der Waals surface area contributed by atoms with E-state index in [9.17, 15) is 0 Å². The van der Waals surface area contributed by atoms with Crippen molar-refractivity contribution in [1.82, 2.24) is 4.98 Å². The van der Waals surface area contributed by atoms with Crippen LogP contribution in [-0.2, 0) is 0 Å². The molecule has 2 N–H and O–H groups in total. The summed E-state index contributed by atoms with van der Waals surface area (Å²) in [5, 5.41) is 1.09. The van der Waals surface area contributed by atoms with Crippen molar-refractivity contribution in [3.8, 4) is 0 Å². The maximum absolute atomic E-state index is 6.12. The number of fused-ring (bicyclic) bond motifs is 1. The molecule has 2 heterocycles. The van der Waals surface area contributed by atoms with E-state index < -0.39 is 0 Å². The Morgan fingerprint density at radius 2 is 2.00 bits per heavy atom. The van der Waals surface area contributed by atoms with E-state index in [1.54, 1.807) is 12.5 Å². The van der Waals surface area contributed by atoms with Gasteiger partial charge in [-0.2, -0.15) is 0 Å². The van der Waals surface area contributed by atoms with E-state index in [0.717, 1.165) is 22.2 Å². The first-order chi connectivity index (χ1) is 8.34. The summed E-state index contributed by atoms with van der Waals surface area (Å²) < 4.78 is 5.31. The molecule has 0 aliphatic rings. The van der Waals surface area contributed by atoms with Crippen molar-refractivity contribution >= 4 is 10.9 Å². The molecule has 0 fully saturated rings. The molecule has 1 unspecified atom stereocenters. The quantitative estimate of drug-likeness (QED) is 0.728. The first-order valence-electron chi connectivity index (χ1n) is 5.48. The molecule has 84 valence electrons. The lowest BCUT2D eigenvalue weighted by atomic mass is 10.1. The Morgan fingerprint density at radius 1 is 1.12 bits per heavy atom. The molecule has 0 saturated heterocycles. The maximum atomic E-state index is 6.12. The molecule has 1 aromatic carbocycles. The fourth-order valence-electron chi connectivity index (χ4n) is 1.89. The third kappa shape index (κ3) is 1.81. The summed E-state index contributed by atoms with van der Waals surface area (Å²) in [6, 6.07) is 13.5. The van der Waals surface area contributed by atoms with Gasteiger partial charge in [-0.1, -0.05) is 18.2 Å². The number of aromatic nitrogens is 1. The number of hydrogen-bond acceptors (Lipinski definition) is 3. The Balaban J connectivity index is 2.06. The summed E-state index contributed by atoms with van der Waals surface area (Å²) in [4.78, 5) is 4.39. The van der Waals surface area contributed by atoms with Crippen LogP contribution < -0.4 is 5.73 Å². The minimum absolute atomic E-state index is 0.262. The van der Waals surface area contributed by atoms with Gasteiger partial charge < -0.3 is 10.2 Å². The molecular formula is C14H12N2O. The number of pyridine rings is 1. The highest BCUT2D eigenvalue weighted by atomic mass is 16.3. The first-order valence-corrected chi connectivity index (χ1v) is 5.48. The number of nitrogens with zero attached hydrogens (tertiary/aromatic N) is 1. The summed E-state index contributed by atoms with van der Waals surface area (Å²) in [5.41, 5.74) is 8.05. The van der Waals surface area contributed by atoms with Gasteiger partial charge in [-0.05, 0) is 29.8 Å². The van der Waals surface area contributed by atoms with Crippen molar-refractivity contribution < 1.29 is 4.42 Å². The first kappa shape index (κ1) is 10.1. The predicted molar refractivity (Wildman–Crippen MR) is 66.5 cm³/mol. The lowest BCUT2D eigenvalue weighted by Gasteiger charge is -2.09. The lowest BCUT2D eigenvalue weighted by molar-refractivity contribution is 0.489. The second-order valence-corrected chi connectivity index (χ2v) is 3.95. The van der Waals surface area contributed by atoms with Gasteiger partial charge in [0, 0.05) is 11.6 Å². The molecule has 2 aromatic heterocycles. The third-order valence-corrected chi connectivity index (χ3v) is 2.82. The maximum Gasteiger partial charge on any atom is 0.125 e. The predicted octanol–water partition coefficient (Wildman–Crippen LogP) is 2.88. The molecule has 3 aromatic rings. The molecule has 3 nitrogen and oxygen atoms in total. The van der Waals surface area contributed by atoms with Crippen LogP contribution in [0.1, 0.15) is 17.4 Å². The summed E-state index contributed by atoms with van der Waals surface area (Å²) in [7, 11) is 0. The van der Waals surface area contributed by atoms with Gasteiger partial charge in [0.2, 0.25) is 0 Å². The minimum atomic E-state index is -0.262. The van der Waals surface area contributed by atoms with Crippen LogP contribution in [0.5, 0.6) is 0 Å². The SMILES string of the molecule is NC(c1cnc2ccccc2c1)c1ccco1. The molecule has 0 saturated carbocycles. The fraction of sp³-hybridized carbons (Fsp3) is 0.0714. The van der Waals surface area contributed by atoms with E-state index in [4.69, 9.17) is 10.2 Å². The molecule has 0 spiro atoms. The zero-order valence-corrected chi connectivity index (χ0v) is 9.21. The Bertz CT molecular complexity index is 632. The van der Waals surface area contributed by atoms with E-state index in [-0.39, 0.29) is 6.04 Å². The zero-order valence-electron chi connectivity index (χ0n) is 9.21. The number of benzene rings is 1. The van der Waals surface area contributed by atoms with E-state index >= 15 is 0 Å². The van der Waals surface area contributed by atoms with Crippen LogP contribution >= 0.6 is 0 Å². The molecule has 0 bridgehead atoms. The molecular weight excluding hydrogens is 212 g/mol. The van der Waals surface area contributed by atoms with Crippen molar-refractivity contribution in [3.05, 3.63) is 66.2 Å². The van der Waals surface area contributed by atoms with Crippen molar-refractivity contribution in [1.29, 1.82) is 0 Å². The fourth-order valence-corrected chi connectivity index (χ4v) is 1.89. The number of rotatable bonds is 2. The van der Waals surface area contributed by atoms with Gasteiger partial charge >= 0.3 is 0 Å². The highest BCUT2D eigenvalue weighted by Crippen LogP contribution is 2.22. The lowest BCUT2D eigenvalue weighted by Crippen LogP contribution is -2.11. The molecule has 17 heavy (non-hydrogen) atoms. The van der Waals surface area contributed by atoms with Crippen LogP contribution in [0.2, 0.25) is 0 Å².